The van der Waals surface area contributed by atoms with Crippen LogP contribution in [0.3, 0.4) is 0 Å². The summed E-state index contributed by atoms with van der Waals surface area (Å²) in [6, 6.07) is 10.9. The molecule has 0 spiro atoms. The summed E-state index contributed by atoms with van der Waals surface area (Å²) in [4.78, 5) is 27.1. The van der Waals surface area contributed by atoms with Crippen LogP contribution in [-0.4, -0.2) is 25.8 Å². The largest absolute Gasteiger partial charge is 0.502 e. The number of nitro groups is 1. The summed E-state index contributed by atoms with van der Waals surface area (Å²) in [7, 11) is 0. The number of hydrogen-bond donors (Lipinski definition) is 2. The molecule has 0 bridgehead atoms. The van der Waals surface area contributed by atoms with Crippen LogP contribution in [0.25, 0.3) is 10.9 Å². The fraction of sp³-hybridized carbons (Fsp3) is 0.118. The van der Waals surface area contributed by atoms with Gasteiger partial charge in [-0.2, -0.15) is 5.10 Å². The molecule has 0 saturated heterocycles. The van der Waals surface area contributed by atoms with Gasteiger partial charge >= 0.3 is 5.69 Å². The molecule has 2 N–H and O–H groups in total. The van der Waals surface area contributed by atoms with E-state index in [0.29, 0.717) is 23.0 Å². The molecular weight excluding hydrogens is 338 g/mol. The number of aromatic nitrogens is 2. The Morgan fingerprint density at radius 1 is 1.35 bits per heavy atom. The van der Waals surface area contributed by atoms with E-state index in [9.17, 15) is 20.0 Å². The number of rotatable bonds is 5. The van der Waals surface area contributed by atoms with Crippen molar-refractivity contribution >= 4 is 28.8 Å². The van der Waals surface area contributed by atoms with Crippen LogP contribution in [-0.2, 0) is 6.54 Å². The van der Waals surface area contributed by atoms with E-state index in [4.69, 9.17) is 0 Å². The lowest BCUT2D eigenvalue weighted by Gasteiger charge is -2.10. The molecule has 0 radical (unpaired) electrons. The van der Waals surface area contributed by atoms with Crippen molar-refractivity contribution in [3.8, 4) is 5.75 Å². The molecule has 26 heavy (non-hydrogen) atoms. The van der Waals surface area contributed by atoms with Crippen molar-refractivity contribution in [1.29, 1.82) is 0 Å². The molecule has 0 aliphatic heterocycles. The number of anilines is 1. The number of fused-ring (bicyclic) bond motifs is 1. The highest BCUT2D eigenvalue weighted by Crippen LogP contribution is 2.25. The minimum atomic E-state index is -0.681. The molecule has 0 amide bonds. The first-order valence-corrected chi connectivity index (χ1v) is 7.77. The van der Waals surface area contributed by atoms with E-state index in [0.717, 1.165) is 0 Å². The van der Waals surface area contributed by atoms with Crippen molar-refractivity contribution in [3.63, 3.8) is 0 Å². The molecule has 2 aromatic carbocycles. The van der Waals surface area contributed by atoms with E-state index >= 15 is 0 Å². The Balaban J connectivity index is 1.92. The highest BCUT2D eigenvalue weighted by atomic mass is 16.6. The fourth-order valence-corrected chi connectivity index (χ4v) is 2.48. The smallest absolute Gasteiger partial charge is 0.311 e. The molecule has 0 unspecified atom stereocenters. The second kappa shape index (κ2) is 7.01. The van der Waals surface area contributed by atoms with E-state index in [-0.39, 0.29) is 11.5 Å². The number of phenolic OH excluding ortho intramolecular Hbond substituents is 1. The summed E-state index contributed by atoms with van der Waals surface area (Å²) in [5.41, 5.74) is 3.05. The maximum absolute atomic E-state index is 12.5. The van der Waals surface area contributed by atoms with Crippen LogP contribution in [0.2, 0.25) is 0 Å². The standard InChI is InChI=1S/C17H15N5O4/c1-2-21-16(24)12-5-3-4-6-13(12)19-17(21)20-18-10-11-7-8-15(23)14(9-11)22(25)26/h3-10,23H,2H2,1H3,(H,19,20)/b18-10+. The van der Waals surface area contributed by atoms with Crippen molar-refractivity contribution in [2.75, 3.05) is 5.43 Å². The number of nitrogens with zero attached hydrogens (tertiary/aromatic N) is 4. The van der Waals surface area contributed by atoms with Gasteiger partial charge in [0.25, 0.3) is 5.56 Å². The summed E-state index contributed by atoms with van der Waals surface area (Å²) >= 11 is 0. The Hall–Kier alpha value is -3.75. The Bertz CT molecular complexity index is 1070. The maximum atomic E-state index is 12.5. The van der Waals surface area contributed by atoms with Crippen LogP contribution in [0.4, 0.5) is 11.6 Å². The second-order valence-electron chi connectivity index (χ2n) is 5.38. The first-order valence-electron chi connectivity index (χ1n) is 7.77. The Labute approximate surface area is 147 Å². The third-order valence-electron chi connectivity index (χ3n) is 3.75. The third kappa shape index (κ3) is 3.22. The van der Waals surface area contributed by atoms with Crippen LogP contribution in [0.15, 0.2) is 52.4 Å². The maximum Gasteiger partial charge on any atom is 0.311 e. The molecule has 0 aliphatic rings. The summed E-state index contributed by atoms with van der Waals surface area (Å²) in [5, 5.41) is 24.8. The monoisotopic (exact) mass is 353 g/mol. The van der Waals surface area contributed by atoms with Crippen molar-refractivity contribution in [3.05, 3.63) is 68.5 Å². The Kier molecular flexibility index (Phi) is 4.61. The number of benzene rings is 2. The zero-order chi connectivity index (χ0) is 18.7. The lowest BCUT2D eigenvalue weighted by molar-refractivity contribution is -0.385. The number of hydrogen-bond acceptors (Lipinski definition) is 7. The zero-order valence-electron chi connectivity index (χ0n) is 13.8. The first kappa shape index (κ1) is 17.1. The topological polar surface area (TPSA) is 123 Å². The van der Waals surface area contributed by atoms with Gasteiger partial charge in [-0.05, 0) is 31.2 Å². The second-order valence-corrected chi connectivity index (χ2v) is 5.38. The van der Waals surface area contributed by atoms with Gasteiger partial charge in [-0.3, -0.25) is 19.5 Å². The normalized spacial score (nSPS) is 11.1. The minimum absolute atomic E-state index is 0.184. The summed E-state index contributed by atoms with van der Waals surface area (Å²) in [5.74, 6) is -0.156. The van der Waals surface area contributed by atoms with Crippen molar-refractivity contribution in [1.82, 2.24) is 9.55 Å². The van der Waals surface area contributed by atoms with E-state index in [1.165, 1.54) is 29.0 Å². The molecule has 132 valence electrons. The number of para-hydroxylation sites is 1. The summed E-state index contributed by atoms with van der Waals surface area (Å²) < 4.78 is 1.44. The quantitative estimate of drug-likeness (QED) is 0.413. The van der Waals surface area contributed by atoms with Gasteiger partial charge in [0.15, 0.2) is 5.75 Å². The van der Waals surface area contributed by atoms with Gasteiger partial charge in [-0.1, -0.05) is 12.1 Å². The average molecular weight is 353 g/mol. The first-order chi connectivity index (χ1) is 12.5. The van der Waals surface area contributed by atoms with Crippen LogP contribution in [0, 0.1) is 10.1 Å². The van der Waals surface area contributed by atoms with Gasteiger partial charge in [-0.25, -0.2) is 10.4 Å². The molecule has 0 atom stereocenters. The molecule has 0 saturated carbocycles. The summed E-state index contributed by atoms with van der Waals surface area (Å²) in [6.07, 6.45) is 1.34. The number of aromatic hydroxyl groups is 1. The summed E-state index contributed by atoms with van der Waals surface area (Å²) in [6.45, 7) is 2.22. The molecule has 1 aromatic heterocycles. The molecule has 3 rings (SSSR count). The van der Waals surface area contributed by atoms with Crippen LogP contribution >= 0.6 is 0 Å². The fourth-order valence-electron chi connectivity index (χ4n) is 2.48. The van der Waals surface area contributed by atoms with E-state index in [1.54, 1.807) is 24.3 Å². The zero-order valence-corrected chi connectivity index (χ0v) is 13.8. The molecule has 0 fully saturated rings. The van der Waals surface area contributed by atoms with Gasteiger partial charge in [-0.15, -0.1) is 0 Å². The van der Waals surface area contributed by atoms with Crippen molar-refractivity contribution in [2.45, 2.75) is 13.5 Å². The molecular formula is C17H15N5O4. The van der Waals surface area contributed by atoms with Gasteiger partial charge in [0, 0.05) is 18.2 Å². The lowest BCUT2D eigenvalue weighted by atomic mass is 10.2. The molecule has 9 nitrogen and oxygen atoms in total. The van der Waals surface area contributed by atoms with E-state index < -0.39 is 16.4 Å². The Morgan fingerprint density at radius 3 is 2.85 bits per heavy atom. The van der Waals surface area contributed by atoms with Crippen LogP contribution in [0.1, 0.15) is 12.5 Å². The SMILES string of the molecule is CCn1c(N/N=C/c2ccc(O)c([N+](=O)[O-])c2)nc2ccccc2c1=O. The number of nitro benzene ring substituents is 1. The highest BCUT2D eigenvalue weighted by molar-refractivity contribution is 5.82. The molecule has 9 heteroatoms. The number of hydrazone groups is 1. The molecule has 1 heterocycles. The third-order valence-corrected chi connectivity index (χ3v) is 3.75. The highest BCUT2D eigenvalue weighted by Gasteiger charge is 2.13. The lowest BCUT2D eigenvalue weighted by Crippen LogP contribution is -2.23. The van der Waals surface area contributed by atoms with Crippen molar-refractivity contribution in [2.24, 2.45) is 5.10 Å². The number of nitrogens with one attached hydrogen (secondary N) is 1. The van der Waals surface area contributed by atoms with Crippen LogP contribution < -0.4 is 11.0 Å². The van der Waals surface area contributed by atoms with Crippen molar-refractivity contribution < 1.29 is 10.0 Å². The predicted octanol–water partition coefficient (Wildman–Crippen LogP) is 2.48. The minimum Gasteiger partial charge on any atom is -0.502 e. The van der Waals surface area contributed by atoms with Gasteiger partial charge in [0.2, 0.25) is 5.95 Å². The van der Waals surface area contributed by atoms with E-state index in [1.807, 2.05) is 6.92 Å². The molecule has 3 aromatic rings. The Morgan fingerprint density at radius 2 is 2.12 bits per heavy atom. The van der Waals surface area contributed by atoms with Gasteiger partial charge in [0.1, 0.15) is 0 Å². The average Bonchev–Trinajstić information content (AvgIpc) is 2.63. The predicted molar refractivity (Wildman–Crippen MR) is 97.7 cm³/mol. The molecule has 0 aliphatic carbocycles. The van der Waals surface area contributed by atoms with E-state index in [2.05, 4.69) is 15.5 Å². The van der Waals surface area contributed by atoms with Crippen LogP contribution in [0.5, 0.6) is 5.75 Å². The van der Waals surface area contributed by atoms with Gasteiger partial charge in [0.05, 0.1) is 22.0 Å². The number of phenols is 1. The van der Waals surface area contributed by atoms with Gasteiger partial charge < -0.3 is 5.11 Å².